The molecule has 3 N–H and O–H groups in total. The quantitative estimate of drug-likeness (QED) is 0.823. The number of fused-ring (bicyclic) bond motifs is 1. The van der Waals surface area contributed by atoms with Gasteiger partial charge in [-0.1, -0.05) is 18.2 Å². The van der Waals surface area contributed by atoms with Crippen molar-refractivity contribution in [1.29, 1.82) is 0 Å². The molecule has 1 amide bonds. The number of hydrogen-bond acceptors (Lipinski definition) is 3. The van der Waals surface area contributed by atoms with E-state index in [0.29, 0.717) is 6.61 Å². The molecule has 4 nitrogen and oxygen atoms in total. The third kappa shape index (κ3) is 2.08. The third-order valence-electron chi connectivity index (χ3n) is 3.80. The SMILES string of the molecule is NC1CC(NC(=O)C2CCOc3ccccc32)C1. The van der Waals surface area contributed by atoms with Crippen molar-refractivity contribution in [2.24, 2.45) is 5.73 Å². The van der Waals surface area contributed by atoms with Crippen LogP contribution in [0, 0.1) is 0 Å². The molecule has 1 saturated carbocycles. The fraction of sp³-hybridized carbons (Fsp3) is 0.500. The van der Waals surface area contributed by atoms with Crippen molar-refractivity contribution in [1.82, 2.24) is 5.32 Å². The largest absolute Gasteiger partial charge is 0.493 e. The van der Waals surface area contributed by atoms with Gasteiger partial charge in [-0.2, -0.15) is 0 Å². The molecular weight excluding hydrogens is 228 g/mol. The number of amides is 1. The Labute approximate surface area is 107 Å². The second kappa shape index (κ2) is 4.61. The Morgan fingerprint density at radius 1 is 1.33 bits per heavy atom. The van der Waals surface area contributed by atoms with E-state index < -0.39 is 0 Å². The highest BCUT2D eigenvalue weighted by atomic mass is 16.5. The fourth-order valence-corrected chi connectivity index (χ4v) is 2.70. The van der Waals surface area contributed by atoms with E-state index in [1.165, 1.54) is 0 Å². The highest BCUT2D eigenvalue weighted by molar-refractivity contribution is 5.85. The first kappa shape index (κ1) is 11.5. The van der Waals surface area contributed by atoms with Crippen molar-refractivity contribution in [3.05, 3.63) is 29.8 Å². The van der Waals surface area contributed by atoms with E-state index in [2.05, 4.69) is 5.32 Å². The molecule has 1 heterocycles. The number of para-hydroxylation sites is 1. The van der Waals surface area contributed by atoms with Crippen LogP contribution in [0.25, 0.3) is 0 Å². The predicted octanol–water partition coefficient (Wildman–Crippen LogP) is 1.16. The van der Waals surface area contributed by atoms with Crippen LogP contribution in [0.4, 0.5) is 0 Å². The van der Waals surface area contributed by atoms with Gasteiger partial charge in [-0.3, -0.25) is 4.79 Å². The molecule has 0 radical (unpaired) electrons. The van der Waals surface area contributed by atoms with Gasteiger partial charge in [0.2, 0.25) is 5.91 Å². The number of carbonyl (C=O) groups excluding carboxylic acids is 1. The standard InChI is InChI=1S/C14H18N2O2/c15-9-7-10(8-9)16-14(17)12-5-6-18-13-4-2-1-3-11(12)13/h1-4,9-10,12H,5-8,15H2,(H,16,17). The van der Waals surface area contributed by atoms with E-state index in [-0.39, 0.29) is 23.9 Å². The summed E-state index contributed by atoms with van der Waals surface area (Å²) in [6, 6.07) is 8.32. The number of benzene rings is 1. The van der Waals surface area contributed by atoms with Gasteiger partial charge in [0.1, 0.15) is 5.75 Å². The van der Waals surface area contributed by atoms with Gasteiger partial charge in [0.05, 0.1) is 12.5 Å². The van der Waals surface area contributed by atoms with E-state index in [0.717, 1.165) is 30.6 Å². The minimum Gasteiger partial charge on any atom is -0.493 e. The summed E-state index contributed by atoms with van der Waals surface area (Å²) >= 11 is 0. The number of nitrogens with one attached hydrogen (secondary N) is 1. The van der Waals surface area contributed by atoms with Gasteiger partial charge in [-0.15, -0.1) is 0 Å². The second-order valence-electron chi connectivity index (χ2n) is 5.16. The Balaban J connectivity index is 1.71. The molecule has 1 fully saturated rings. The molecule has 1 aromatic rings. The molecule has 0 aromatic heterocycles. The molecule has 3 rings (SSSR count). The molecule has 1 unspecified atom stereocenters. The van der Waals surface area contributed by atoms with Crippen LogP contribution in [0.1, 0.15) is 30.7 Å². The fourth-order valence-electron chi connectivity index (χ4n) is 2.70. The predicted molar refractivity (Wildman–Crippen MR) is 68.4 cm³/mol. The van der Waals surface area contributed by atoms with Crippen molar-refractivity contribution >= 4 is 5.91 Å². The van der Waals surface area contributed by atoms with Crippen LogP contribution < -0.4 is 15.8 Å². The summed E-state index contributed by atoms with van der Waals surface area (Å²) in [7, 11) is 0. The maximum atomic E-state index is 12.3. The van der Waals surface area contributed by atoms with Gasteiger partial charge < -0.3 is 15.8 Å². The highest BCUT2D eigenvalue weighted by Crippen LogP contribution is 2.33. The van der Waals surface area contributed by atoms with Crippen LogP contribution in [0.2, 0.25) is 0 Å². The van der Waals surface area contributed by atoms with E-state index in [1.807, 2.05) is 24.3 Å². The Kier molecular flexibility index (Phi) is 2.96. The Morgan fingerprint density at radius 2 is 2.11 bits per heavy atom. The van der Waals surface area contributed by atoms with E-state index in [4.69, 9.17) is 10.5 Å². The summed E-state index contributed by atoms with van der Waals surface area (Å²) < 4.78 is 5.57. The zero-order valence-electron chi connectivity index (χ0n) is 10.3. The molecule has 0 bridgehead atoms. The zero-order valence-corrected chi connectivity index (χ0v) is 10.3. The molecule has 4 heteroatoms. The van der Waals surface area contributed by atoms with E-state index in [9.17, 15) is 4.79 Å². The first-order valence-electron chi connectivity index (χ1n) is 6.51. The summed E-state index contributed by atoms with van der Waals surface area (Å²) in [6.07, 6.45) is 2.55. The van der Waals surface area contributed by atoms with Crippen molar-refractivity contribution in [2.75, 3.05) is 6.61 Å². The number of carbonyl (C=O) groups is 1. The topological polar surface area (TPSA) is 64.3 Å². The third-order valence-corrected chi connectivity index (χ3v) is 3.80. The summed E-state index contributed by atoms with van der Waals surface area (Å²) in [5, 5.41) is 3.08. The average Bonchev–Trinajstić information content (AvgIpc) is 2.36. The minimum atomic E-state index is -0.0771. The van der Waals surface area contributed by atoms with Gasteiger partial charge in [0.15, 0.2) is 0 Å². The number of nitrogens with two attached hydrogens (primary N) is 1. The van der Waals surface area contributed by atoms with Gasteiger partial charge in [0.25, 0.3) is 0 Å². The summed E-state index contributed by atoms with van der Waals surface area (Å²) in [4.78, 5) is 12.3. The van der Waals surface area contributed by atoms with Crippen LogP contribution in [0.15, 0.2) is 24.3 Å². The van der Waals surface area contributed by atoms with Gasteiger partial charge in [0, 0.05) is 17.6 Å². The van der Waals surface area contributed by atoms with E-state index >= 15 is 0 Å². The zero-order chi connectivity index (χ0) is 12.5. The number of ether oxygens (including phenoxy) is 1. The molecular formula is C14H18N2O2. The van der Waals surface area contributed by atoms with Crippen LogP contribution in [0.5, 0.6) is 5.75 Å². The lowest BCUT2D eigenvalue weighted by atomic mass is 9.86. The lowest BCUT2D eigenvalue weighted by Gasteiger charge is -2.35. The maximum absolute atomic E-state index is 12.3. The van der Waals surface area contributed by atoms with Gasteiger partial charge in [-0.25, -0.2) is 0 Å². The van der Waals surface area contributed by atoms with Gasteiger partial charge >= 0.3 is 0 Å². The van der Waals surface area contributed by atoms with E-state index in [1.54, 1.807) is 0 Å². The normalized spacial score (nSPS) is 29.7. The van der Waals surface area contributed by atoms with Gasteiger partial charge in [-0.05, 0) is 25.3 Å². The van der Waals surface area contributed by atoms with Crippen LogP contribution in [0.3, 0.4) is 0 Å². The summed E-state index contributed by atoms with van der Waals surface area (Å²) in [5.41, 5.74) is 6.73. The monoisotopic (exact) mass is 246 g/mol. The van der Waals surface area contributed by atoms with Crippen molar-refractivity contribution in [3.63, 3.8) is 0 Å². The van der Waals surface area contributed by atoms with Crippen molar-refractivity contribution in [3.8, 4) is 5.75 Å². The molecule has 2 aliphatic rings. The smallest absolute Gasteiger partial charge is 0.228 e. The maximum Gasteiger partial charge on any atom is 0.228 e. The minimum absolute atomic E-state index is 0.0771. The lowest BCUT2D eigenvalue weighted by molar-refractivity contribution is -0.124. The number of hydrogen-bond donors (Lipinski definition) is 2. The van der Waals surface area contributed by atoms with Crippen molar-refractivity contribution < 1.29 is 9.53 Å². The molecule has 96 valence electrons. The van der Waals surface area contributed by atoms with Crippen LogP contribution >= 0.6 is 0 Å². The van der Waals surface area contributed by atoms with Crippen LogP contribution in [-0.2, 0) is 4.79 Å². The molecule has 1 aliphatic carbocycles. The molecule has 18 heavy (non-hydrogen) atoms. The first-order valence-corrected chi connectivity index (χ1v) is 6.51. The molecule has 1 atom stereocenters. The molecule has 1 aliphatic heterocycles. The average molecular weight is 246 g/mol. The molecule has 0 spiro atoms. The Morgan fingerprint density at radius 3 is 2.89 bits per heavy atom. The Bertz CT molecular complexity index is 455. The molecule has 1 aromatic carbocycles. The second-order valence-corrected chi connectivity index (χ2v) is 5.16. The summed E-state index contributed by atoms with van der Waals surface area (Å²) in [5.74, 6) is 0.878. The first-order chi connectivity index (χ1) is 8.74. The molecule has 0 saturated heterocycles. The Hall–Kier alpha value is -1.55. The lowest BCUT2D eigenvalue weighted by Crippen LogP contribution is -2.51. The highest BCUT2D eigenvalue weighted by Gasteiger charge is 2.32. The van der Waals surface area contributed by atoms with Crippen molar-refractivity contribution in [2.45, 2.75) is 37.3 Å². The summed E-state index contributed by atoms with van der Waals surface area (Å²) in [6.45, 7) is 0.610. The van der Waals surface area contributed by atoms with Crippen LogP contribution in [-0.4, -0.2) is 24.6 Å². The number of rotatable bonds is 2.